The first-order chi connectivity index (χ1) is 20.5. The van der Waals surface area contributed by atoms with Gasteiger partial charge in [0.25, 0.3) is 0 Å². The predicted molar refractivity (Wildman–Crippen MR) is 165 cm³/mol. The Labute approximate surface area is 298 Å². The molecule has 0 spiro atoms. The molecule has 0 atom stereocenters. The molecule has 0 aliphatic carbocycles. The molecule has 3 N–H and O–H groups in total. The normalized spacial score (nSPS) is 12.3. The van der Waals surface area contributed by atoms with E-state index in [0.29, 0.717) is 27.2 Å². The van der Waals surface area contributed by atoms with Crippen LogP contribution < -0.4 is 72.9 Å². The summed E-state index contributed by atoms with van der Waals surface area (Å²) >= 11 is 0. The number of benzene rings is 7. The summed E-state index contributed by atoms with van der Waals surface area (Å²) < 4.78 is 77.5. The molecule has 0 radical (unpaired) electrons. The van der Waals surface area contributed by atoms with Crippen molar-refractivity contribution in [3.05, 3.63) is 95.2 Å². The smallest absolute Gasteiger partial charge is 0.360 e. The van der Waals surface area contributed by atoms with E-state index in [2.05, 4.69) is 4.98 Å². The Kier molecular flexibility index (Phi) is 7.85. The largest absolute Gasteiger partial charge is 1.00 e. The molecule has 0 bridgehead atoms. The summed E-state index contributed by atoms with van der Waals surface area (Å²) in [5.41, 5.74) is 0.838. The fraction of sp³-hybridized carbons (Fsp3) is 0. The number of hydrogen-bond donors (Lipinski definition) is 3. The first-order valence-corrected chi connectivity index (χ1v) is 15.6. The van der Waals surface area contributed by atoms with Gasteiger partial charge in [-0.3, -0.25) is 13.9 Å². The standard InChI is InChI=1S/C31H17NO9S2.2Na/c33-29-19-6-2-1-5-15(19)16-13-14-24-26-17(9-11-22(29)25(16)26)18-10-12-23-27(28(18)32-24)31(41-43(37,38)39)21-8-4-3-7-20(21)30(23)40-42(34,35)36;;/h1-14,32H,(H,34,35,36)(H,37,38,39);;/q;2*+1. The molecule has 212 valence electrons. The molecule has 0 unspecified atom stereocenters. The van der Waals surface area contributed by atoms with E-state index in [1.54, 1.807) is 30.3 Å². The third-order valence-corrected chi connectivity index (χ3v) is 8.64. The Hall–Kier alpha value is -3.01. The zero-order valence-electron chi connectivity index (χ0n) is 23.7. The average molecular weight is 658 g/mol. The quantitative estimate of drug-likeness (QED) is 0.104. The molecule has 45 heavy (non-hydrogen) atoms. The number of hydrogen-bond acceptors (Lipinski definition) is 7. The number of aromatic amines is 1. The van der Waals surface area contributed by atoms with Crippen LogP contribution in [0.5, 0.6) is 11.5 Å². The Morgan fingerprint density at radius 3 is 1.64 bits per heavy atom. The Morgan fingerprint density at radius 2 is 0.978 bits per heavy atom. The van der Waals surface area contributed by atoms with Gasteiger partial charge in [0.1, 0.15) is 0 Å². The molecule has 1 heterocycles. The molecule has 14 heteroatoms. The minimum Gasteiger partial charge on any atom is -0.360 e. The summed E-state index contributed by atoms with van der Waals surface area (Å²) in [7, 11) is -10.1. The Morgan fingerprint density at radius 1 is 0.489 bits per heavy atom. The van der Waals surface area contributed by atoms with Gasteiger partial charge >= 0.3 is 79.9 Å². The van der Waals surface area contributed by atoms with Crippen molar-refractivity contribution < 1.29 is 93.4 Å². The number of nitrogens with one attached hydrogen (secondary N) is 1. The number of pyridine rings is 1. The van der Waals surface area contributed by atoms with Crippen molar-refractivity contribution in [2.45, 2.75) is 0 Å². The van der Waals surface area contributed by atoms with Crippen molar-refractivity contribution in [3.63, 3.8) is 0 Å². The Balaban J connectivity index is 0.00000179. The van der Waals surface area contributed by atoms with Crippen molar-refractivity contribution in [1.82, 2.24) is 4.98 Å². The molecule has 1 aromatic heterocycles. The average Bonchev–Trinajstić information content (AvgIpc) is 2.97. The summed E-state index contributed by atoms with van der Waals surface area (Å²) in [5, 5.41) is 6.08. The second-order valence-electron chi connectivity index (χ2n) is 10.2. The van der Waals surface area contributed by atoms with Crippen LogP contribution in [0.2, 0.25) is 0 Å². The monoisotopic (exact) mass is 657 g/mol. The van der Waals surface area contributed by atoms with E-state index in [1.807, 2.05) is 36.4 Å². The SMILES string of the molecule is O=c1c2ccccc2c2ccc3[nH]c4c(ccc5c(OS(=O)(=O)O)c6ccccc6c(OS(=O)(=O)O)c54)c4ccc1c2c34.[Na+].[Na+]. The van der Waals surface area contributed by atoms with Crippen LogP contribution in [0.1, 0.15) is 0 Å². The summed E-state index contributed by atoms with van der Waals surface area (Å²) in [6.07, 6.45) is 0. The topological polar surface area (TPSA) is 160 Å². The minimum atomic E-state index is -5.05. The molecule has 8 aromatic rings. The van der Waals surface area contributed by atoms with Gasteiger partial charge in [0.2, 0.25) is 0 Å². The number of H-pyrrole nitrogens is 1. The second-order valence-corrected chi connectivity index (χ2v) is 12.3. The van der Waals surface area contributed by atoms with Crippen LogP contribution in [0.4, 0.5) is 0 Å². The minimum absolute atomic E-state index is 0. The second kappa shape index (κ2) is 11.1. The third-order valence-electron chi connectivity index (χ3n) is 7.89. The molecule has 8 rings (SSSR count). The van der Waals surface area contributed by atoms with E-state index in [-0.39, 0.29) is 97.6 Å². The molecular weight excluding hydrogens is 640 g/mol. The van der Waals surface area contributed by atoms with E-state index < -0.39 is 20.8 Å². The van der Waals surface area contributed by atoms with Gasteiger partial charge in [-0.15, -0.1) is 0 Å². The third kappa shape index (κ3) is 4.97. The molecule has 10 nitrogen and oxygen atoms in total. The zero-order chi connectivity index (χ0) is 29.8. The summed E-state index contributed by atoms with van der Waals surface area (Å²) in [6, 6.07) is 24.0. The number of fused-ring (bicyclic) bond motifs is 7. The van der Waals surface area contributed by atoms with E-state index >= 15 is 0 Å². The van der Waals surface area contributed by atoms with Gasteiger partial charge in [0, 0.05) is 48.6 Å². The molecule has 7 aromatic carbocycles. The van der Waals surface area contributed by atoms with Gasteiger partial charge in [-0.25, -0.2) is 0 Å². The fourth-order valence-corrected chi connectivity index (χ4v) is 7.14. The van der Waals surface area contributed by atoms with Crippen molar-refractivity contribution >= 4 is 96.5 Å². The first-order valence-electron chi connectivity index (χ1n) is 12.9. The zero-order valence-corrected chi connectivity index (χ0v) is 29.3. The van der Waals surface area contributed by atoms with E-state index in [1.165, 1.54) is 18.2 Å². The molecular formula is C31H17NNa2O9S2+2. The molecule has 0 amide bonds. The number of aromatic nitrogens is 1. The van der Waals surface area contributed by atoms with Crippen molar-refractivity contribution in [2.75, 3.05) is 0 Å². The van der Waals surface area contributed by atoms with Crippen LogP contribution in [0.15, 0.2) is 89.7 Å². The van der Waals surface area contributed by atoms with E-state index in [4.69, 9.17) is 8.37 Å². The van der Waals surface area contributed by atoms with Gasteiger partial charge in [0.15, 0.2) is 16.9 Å². The Bertz CT molecular complexity index is 2820. The van der Waals surface area contributed by atoms with Crippen LogP contribution in [-0.2, 0) is 20.8 Å². The van der Waals surface area contributed by atoms with Crippen LogP contribution >= 0.6 is 0 Å². The first kappa shape index (κ1) is 32.0. The van der Waals surface area contributed by atoms with Gasteiger partial charge in [-0.1, -0.05) is 66.7 Å². The maximum atomic E-state index is 13.5. The van der Waals surface area contributed by atoms with Crippen LogP contribution in [0.25, 0.3) is 75.7 Å². The molecule has 0 saturated heterocycles. The van der Waals surface area contributed by atoms with Gasteiger partial charge in [-0.2, -0.15) is 16.8 Å². The van der Waals surface area contributed by atoms with E-state index in [9.17, 15) is 30.7 Å². The van der Waals surface area contributed by atoms with Crippen LogP contribution in [0.3, 0.4) is 0 Å². The maximum absolute atomic E-state index is 13.5. The van der Waals surface area contributed by atoms with Gasteiger partial charge in [0.05, 0.1) is 10.9 Å². The van der Waals surface area contributed by atoms with Crippen molar-refractivity contribution in [2.24, 2.45) is 0 Å². The molecule has 0 aliphatic heterocycles. The van der Waals surface area contributed by atoms with Crippen molar-refractivity contribution in [3.8, 4) is 11.5 Å². The molecule has 0 aliphatic rings. The van der Waals surface area contributed by atoms with E-state index in [0.717, 1.165) is 26.9 Å². The van der Waals surface area contributed by atoms with Crippen LogP contribution in [0, 0.1) is 0 Å². The summed E-state index contributed by atoms with van der Waals surface area (Å²) in [6.45, 7) is 0. The summed E-state index contributed by atoms with van der Waals surface area (Å²) in [4.78, 5) is 16.8. The maximum Gasteiger partial charge on any atom is 1.00 e. The number of rotatable bonds is 4. The van der Waals surface area contributed by atoms with Gasteiger partial charge < -0.3 is 13.4 Å². The van der Waals surface area contributed by atoms with Crippen LogP contribution in [-0.4, -0.2) is 30.9 Å². The summed E-state index contributed by atoms with van der Waals surface area (Å²) in [5.74, 6) is -0.545. The molecule has 0 saturated carbocycles. The van der Waals surface area contributed by atoms with Gasteiger partial charge in [-0.05, 0) is 34.4 Å². The predicted octanol–water partition coefficient (Wildman–Crippen LogP) is 0.256. The molecule has 0 fully saturated rings. The van der Waals surface area contributed by atoms with Crippen molar-refractivity contribution in [1.29, 1.82) is 0 Å². The fourth-order valence-electron chi connectivity index (χ4n) is 6.36.